The molecule has 29 heavy (non-hydrogen) atoms. The van der Waals surface area contributed by atoms with E-state index in [4.69, 9.17) is 9.72 Å². The van der Waals surface area contributed by atoms with Gasteiger partial charge in [0.05, 0.1) is 18.3 Å². The summed E-state index contributed by atoms with van der Waals surface area (Å²) in [6, 6.07) is 8.03. The first-order valence-electron chi connectivity index (χ1n) is 9.50. The third-order valence-electron chi connectivity index (χ3n) is 5.61. The smallest absolute Gasteiger partial charge is 0.332 e. The van der Waals surface area contributed by atoms with E-state index in [-0.39, 0.29) is 17.4 Å². The molecule has 3 aromatic heterocycles. The van der Waals surface area contributed by atoms with Crippen molar-refractivity contribution in [2.45, 2.75) is 25.5 Å². The van der Waals surface area contributed by atoms with E-state index in [2.05, 4.69) is 20.5 Å². The number of hydrogen-bond acceptors (Lipinski definition) is 4. The molecular formula is C20H20BrN5O3. The van der Waals surface area contributed by atoms with Crippen molar-refractivity contribution in [2.75, 3.05) is 6.61 Å². The lowest BCUT2D eigenvalue weighted by molar-refractivity contribution is 0.0981. The second-order valence-corrected chi connectivity index (χ2v) is 8.34. The molecule has 1 saturated heterocycles. The van der Waals surface area contributed by atoms with Gasteiger partial charge in [0.15, 0.2) is 11.2 Å². The first kappa shape index (κ1) is 18.4. The van der Waals surface area contributed by atoms with E-state index in [1.54, 1.807) is 11.4 Å². The highest BCUT2D eigenvalue weighted by Crippen LogP contribution is 2.28. The summed E-state index contributed by atoms with van der Waals surface area (Å²) in [7, 11) is 3.12. The third-order valence-corrected chi connectivity index (χ3v) is 6.14. The van der Waals surface area contributed by atoms with Crippen LogP contribution in [0.5, 0.6) is 0 Å². The van der Waals surface area contributed by atoms with Crippen LogP contribution in [0.3, 0.4) is 0 Å². The second-order valence-electron chi connectivity index (χ2n) is 7.43. The predicted octanol–water partition coefficient (Wildman–Crippen LogP) is 2.29. The van der Waals surface area contributed by atoms with Crippen LogP contribution in [0.15, 0.2) is 44.5 Å². The molecule has 8 nitrogen and oxygen atoms in total. The minimum absolute atomic E-state index is 0.104. The van der Waals surface area contributed by atoms with Crippen molar-refractivity contribution in [3.8, 4) is 11.3 Å². The molecule has 0 amide bonds. The van der Waals surface area contributed by atoms with Crippen LogP contribution in [0.1, 0.15) is 12.8 Å². The summed E-state index contributed by atoms with van der Waals surface area (Å²) in [5.74, 6) is 0.631. The molecular weight excluding hydrogens is 438 g/mol. The minimum Gasteiger partial charge on any atom is -0.376 e. The maximum Gasteiger partial charge on any atom is 0.332 e. The van der Waals surface area contributed by atoms with Gasteiger partial charge < -0.3 is 9.30 Å². The number of hydrogen-bond donors (Lipinski definition) is 0. The summed E-state index contributed by atoms with van der Waals surface area (Å²) in [5, 5.41) is 0. The first-order chi connectivity index (χ1) is 14.0. The fourth-order valence-electron chi connectivity index (χ4n) is 4.04. The topological polar surface area (TPSA) is 75.5 Å². The minimum atomic E-state index is -0.387. The van der Waals surface area contributed by atoms with Crippen molar-refractivity contribution in [1.82, 2.24) is 23.1 Å². The molecule has 0 N–H and O–H groups in total. The fourth-order valence-corrected chi connectivity index (χ4v) is 4.30. The largest absolute Gasteiger partial charge is 0.376 e. The van der Waals surface area contributed by atoms with Gasteiger partial charge in [-0.2, -0.15) is 4.98 Å². The highest BCUT2D eigenvalue weighted by Gasteiger charge is 2.24. The molecule has 0 unspecified atom stereocenters. The zero-order chi connectivity index (χ0) is 20.3. The zero-order valence-electron chi connectivity index (χ0n) is 16.1. The van der Waals surface area contributed by atoms with E-state index < -0.39 is 0 Å². The van der Waals surface area contributed by atoms with Crippen LogP contribution in [0.4, 0.5) is 0 Å². The van der Waals surface area contributed by atoms with Crippen LogP contribution in [0, 0.1) is 0 Å². The predicted molar refractivity (Wildman–Crippen MR) is 113 cm³/mol. The van der Waals surface area contributed by atoms with Crippen LogP contribution in [-0.2, 0) is 25.4 Å². The van der Waals surface area contributed by atoms with Gasteiger partial charge >= 0.3 is 5.69 Å². The number of rotatable bonds is 3. The standard InChI is InChI=1S/C20H20BrN5O3/c1-23-17-16(18(27)24(2)20(23)28)26-11-15(12-5-7-13(21)8-6-12)25(19(26)22-17)10-14-4-3-9-29-14/h5-8,11,14H,3-4,9-10H2,1-2H3/t14-/m1/s1. The molecule has 0 bridgehead atoms. The van der Waals surface area contributed by atoms with Crippen LogP contribution >= 0.6 is 15.9 Å². The highest BCUT2D eigenvalue weighted by atomic mass is 79.9. The second kappa shape index (κ2) is 6.70. The van der Waals surface area contributed by atoms with E-state index in [1.165, 1.54) is 11.6 Å². The maximum absolute atomic E-state index is 12.9. The molecule has 0 saturated carbocycles. The van der Waals surface area contributed by atoms with Crippen LogP contribution in [0.25, 0.3) is 28.2 Å². The molecule has 1 aromatic carbocycles. The molecule has 9 heteroatoms. The summed E-state index contributed by atoms with van der Waals surface area (Å²) in [4.78, 5) is 29.9. The molecule has 4 heterocycles. The average Bonchev–Trinajstić information content (AvgIpc) is 3.42. The maximum atomic E-state index is 12.9. The van der Waals surface area contributed by atoms with Crippen LogP contribution in [0.2, 0.25) is 0 Å². The number of aryl methyl sites for hydroxylation is 1. The van der Waals surface area contributed by atoms with Crippen molar-refractivity contribution < 1.29 is 4.74 Å². The Morgan fingerprint density at radius 3 is 2.62 bits per heavy atom. The lowest BCUT2D eigenvalue weighted by Crippen LogP contribution is -2.37. The monoisotopic (exact) mass is 457 g/mol. The Morgan fingerprint density at radius 2 is 1.93 bits per heavy atom. The van der Waals surface area contributed by atoms with Gasteiger partial charge in [-0.3, -0.25) is 18.3 Å². The van der Waals surface area contributed by atoms with Crippen molar-refractivity contribution in [3.05, 3.63) is 55.8 Å². The van der Waals surface area contributed by atoms with Gasteiger partial charge in [0.2, 0.25) is 5.78 Å². The Hall–Kier alpha value is -2.65. The molecule has 0 radical (unpaired) electrons. The lowest BCUT2D eigenvalue weighted by atomic mass is 10.1. The molecule has 4 aromatic rings. The Morgan fingerprint density at radius 1 is 1.17 bits per heavy atom. The Bertz CT molecular complexity index is 1350. The fraction of sp³-hybridized carbons (Fsp3) is 0.350. The number of nitrogens with zero attached hydrogens (tertiary/aromatic N) is 5. The van der Waals surface area contributed by atoms with Gasteiger partial charge in [-0.25, -0.2) is 4.79 Å². The Balaban J connectivity index is 1.83. The van der Waals surface area contributed by atoms with Gasteiger partial charge in [-0.15, -0.1) is 0 Å². The average molecular weight is 458 g/mol. The molecule has 0 aliphatic carbocycles. The van der Waals surface area contributed by atoms with E-state index in [0.29, 0.717) is 23.5 Å². The van der Waals surface area contributed by atoms with Crippen molar-refractivity contribution >= 4 is 32.9 Å². The molecule has 5 rings (SSSR count). The molecule has 1 atom stereocenters. The van der Waals surface area contributed by atoms with Gasteiger partial charge in [0.1, 0.15) is 0 Å². The number of ether oxygens (including phenoxy) is 1. The van der Waals surface area contributed by atoms with Crippen molar-refractivity contribution in [1.29, 1.82) is 0 Å². The van der Waals surface area contributed by atoms with Gasteiger partial charge in [0, 0.05) is 31.4 Å². The molecule has 1 aliphatic rings. The Labute approximate surface area is 174 Å². The highest BCUT2D eigenvalue weighted by molar-refractivity contribution is 9.10. The molecule has 1 fully saturated rings. The van der Waals surface area contributed by atoms with Gasteiger partial charge in [0.25, 0.3) is 5.56 Å². The molecule has 150 valence electrons. The normalized spacial score (nSPS) is 17.0. The summed E-state index contributed by atoms with van der Waals surface area (Å²) >= 11 is 3.48. The SMILES string of the molecule is Cn1c(=O)c2c(nc3n(C[C@H]4CCCO4)c(-c4ccc(Br)cc4)cn23)n(C)c1=O. The number of imidazole rings is 2. The van der Waals surface area contributed by atoms with E-state index in [9.17, 15) is 9.59 Å². The molecule has 0 spiro atoms. The molecule has 1 aliphatic heterocycles. The van der Waals surface area contributed by atoms with Crippen molar-refractivity contribution in [3.63, 3.8) is 0 Å². The zero-order valence-corrected chi connectivity index (χ0v) is 17.7. The summed E-state index contributed by atoms with van der Waals surface area (Å²) < 4.78 is 13.3. The summed E-state index contributed by atoms with van der Waals surface area (Å²) in [6.45, 7) is 1.40. The lowest BCUT2D eigenvalue weighted by Gasteiger charge is -2.14. The summed E-state index contributed by atoms with van der Waals surface area (Å²) in [5.41, 5.74) is 2.01. The number of aromatic nitrogens is 5. The Kier molecular flexibility index (Phi) is 4.25. The van der Waals surface area contributed by atoms with E-state index in [0.717, 1.165) is 39.7 Å². The van der Waals surface area contributed by atoms with E-state index >= 15 is 0 Å². The van der Waals surface area contributed by atoms with Crippen LogP contribution < -0.4 is 11.2 Å². The summed E-state index contributed by atoms with van der Waals surface area (Å²) in [6.07, 6.45) is 4.06. The number of fused-ring (bicyclic) bond motifs is 3. The van der Waals surface area contributed by atoms with E-state index in [1.807, 2.05) is 30.5 Å². The van der Waals surface area contributed by atoms with Gasteiger partial charge in [-0.1, -0.05) is 28.1 Å². The number of benzene rings is 1. The quantitative estimate of drug-likeness (QED) is 0.472. The number of halogens is 1. The third kappa shape index (κ3) is 2.79. The first-order valence-corrected chi connectivity index (χ1v) is 10.3. The van der Waals surface area contributed by atoms with Crippen molar-refractivity contribution in [2.24, 2.45) is 14.1 Å². The van der Waals surface area contributed by atoms with Gasteiger partial charge in [-0.05, 0) is 30.5 Å². The van der Waals surface area contributed by atoms with Crippen LogP contribution in [-0.4, -0.2) is 35.8 Å².